The third-order valence-electron chi connectivity index (χ3n) is 3.47. The molecule has 0 aliphatic carbocycles. The molecule has 90 valence electrons. The first kappa shape index (κ1) is 13.3. The molecule has 2 nitrogen and oxygen atoms in total. The van der Waals surface area contributed by atoms with Gasteiger partial charge in [-0.05, 0) is 39.2 Å². The maximum Gasteiger partial charge on any atom is 0.0634 e. The van der Waals surface area contributed by atoms with Crippen molar-refractivity contribution in [3.8, 4) is 0 Å². The average molecular weight is 234 g/mol. The summed E-state index contributed by atoms with van der Waals surface area (Å²) in [7, 11) is 1.79. The number of alkyl halides is 1. The Bertz CT molecular complexity index is 196. The van der Waals surface area contributed by atoms with E-state index in [0.29, 0.717) is 11.3 Å². The summed E-state index contributed by atoms with van der Waals surface area (Å²) in [5.41, 5.74) is 0.00104. The fraction of sp³-hybridized carbons (Fsp3) is 1.00. The van der Waals surface area contributed by atoms with E-state index < -0.39 is 0 Å². The van der Waals surface area contributed by atoms with E-state index in [0.717, 1.165) is 32.5 Å². The van der Waals surface area contributed by atoms with Crippen molar-refractivity contribution < 1.29 is 4.74 Å². The second kappa shape index (κ2) is 5.51. The molecular weight excluding hydrogens is 210 g/mol. The van der Waals surface area contributed by atoms with Gasteiger partial charge in [0.05, 0.1) is 5.60 Å². The standard InChI is InChI=1S/C12H24ClNO/c1-10-9-14(7-5-11(10)13)8-6-12(2,3)15-4/h10-11H,5-9H2,1-4H3. The molecule has 0 aromatic carbocycles. The zero-order valence-electron chi connectivity index (χ0n) is 10.4. The number of piperidine rings is 1. The van der Waals surface area contributed by atoms with Crippen molar-refractivity contribution in [1.82, 2.24) is 4.90 Å². The Kier molecular flexibility index (Phi) is 4.88. The van der Waals surface area contributed by atoms with Crippen molar-refractivity contribution in [1.29, 1.82) is 0 Å². The number of hydrogen-bond acceptors (Lipinski definition) is 2. The molecule has 1 saturated heterocycles. The van der Waals surface area contributed by atoms with Gasteiger partial charge in [0.15, 0.2) is 0 Å². The fourth-order valence-electron chi connectivity index (χ4n) is 1.94. The highest BCUT2D eigenvalue weighted by Crippen LogP contribution is 2.23. The molecule has 2 unspecified atom stereocenters. The van der Waals surface area contributed by atoms with Crippen LogP contribution in [0.25, 0.3) is 0 Å². The summed E-state index contributed by atoms with van der Waals surface area (Å²) in [6.07, 6.45) is 2.21. The summed E-state index contributed by atoms with van der Waals surface area (Å²) in [6, 6.07) is 0. The molecule has 0 aromatic rings. The molecule has 0 amide bonds. The first-order valence-corrected chi connectivity index (χ1v) is 6.30. The minimum Gasteiger partial charge on any atom is -0.379 e. The number of ether oxygens (including phenoxy) is 1. The lowest BCUT2D eigenvalue weighted by atomic mass is 9.98. The first-order valence-electron chi connectivity index (χ1n) is 5.86. The number of halogens is 1. The van der Waals surface area contributed by atoms with Gasteiger partial charge in [-0.25, -0.2) is 0 Å². The zero-order chi connectivity index (χ0) is 11.5. The van der Waals surface area contributed by atoms with Gasteiger partial charge < -0.3 is 9.64 Å². The van der Waals surface area contributed by atoms with Gasteiger partial charge in [-0.1, -0.05) is 6.92 Å². The Morgan fingerprint density at radius 1 is 1.47 bits per heavy atom. The van der Waals surface area contributed by atoms with Gasteiger partial charge >= 0.3 is 0 Å². The number of methoxy groups -OCH3 is 1. The maximum atomic E-state index is 6.20. The summed E-state index contributed by atoms with van der Waals surface area (Å²) < 4.78 is 5.42. The topological polar surface area (TPSA) is 12.5 Å². The largest absolute Gasteiger partial charge is 0.379 e. The Hall–Kier alpha value is 0.210. The summed E-state index contributed by atoms with van der Waals surface area (Å²) >= 11 is 6.20. The first-order chi connectivity index (χ1) is 6.94. The molecule has 0 bridgehead atoms. The molecular formula is C12H24ClNO. The lowest BCUT2D eigenvalue weighted by Gasteiger charge is -2.35. The van der Waals surface area contributed by atoms with Crippen LogP contribution in [-0.4, -0.2) is 42.6 Å². The summed E-state index contributed by atoms with van der Waals surface area (Å²) in [4.78, 5) is 2.50. The quantitative estimate of drug-likeness (QED) is 0.693. The maximum absolute atomic E-state index is 6.20. The molecule has 1 rings (SSSR count). The number of rotatable bonds is 4. The van der Waals surface area contributed by atoms with Crippen molar-refractivity contribution >= 4 is 11.6 Å². The average Bonchev–Trinajstić information content (AvgIpc) is 2.20. The molecule has 1 aliphatic heterocycles. The van der Waals surface area contributed by atoms with Gasteiger partial charge in [-0.15, -0.1) is 11.6 Å². The van der Waals surface area contributed by atoms with E-state index in [1.165, 1.54) is 0 Å². The Labute approximate surface area is 98.9 Å². The predicted molar refractivity (Wildman–Crippen MR) is 65.6 cm³/mol. The van der Waals surface area contributed by atoms with Crippen LogP contribution in [0.2, 0.25) is 0 Å². The van der Waals surface area contributed by atoms with Crippen molar-refractivity contribution in [2.45, 2.75) is 44.6 Å². The highest BCUT2D eigenvalue weighted by atomic mass is 35.5. The van der Waals surface area contributed by atoms with Gasteiger partial charge in [0.1, 0.15) is 0 Å². The van der Waals surface area contributed by atoms with E-state index in [1.54, 1.807) is 7.11 Å². The Balaban J connectivity index is 2.28. The minimum atomic E-state index is 0.00104. The molecule has 15 heavy (non-hydrogen) atoms. The van der Waals surface area contributed by atoms with Crippen LogP contribution in [0.15, 0.2) is 0 Å². The molecule has 0 N–H and O–H groups in total. The van der Waals surface area contributed by atoms with Crippen LogP contribution in [0.4, 0.5) is 0 Å². The van der Waals surface area contributed by atoms with E-state index in [2.05, 4.69) is 25.7 Å². The normalized spacial score (nSPS) is 29.4. The molecule has 0 radical (unpaired) electrons. The molecule has 3 heteroatoms. The van der Waals surface area contributed by atoms with E-state index in [-0.39, 0.29) is 5.60 Å². The van der Waals surface area contributed by atoms with Crippen molar-refractivity contribution in [3.05, 3.63) is 0 Å². The van der Waals surface area contributed by atoms with Gasteiger partial charge in [0.25, 0.3) is 0 Å². The number of likely N-dealkylation sites (tertiary alicyclic amines) is 1. The highest BCUT2D eigenvalue weighted by Gasteiger charge is 2.25. The SMILES string of the molecule is COC(C)(C)CCN1CCC(Cl)C(C)C1. The van der Waals surface area contributed by atoms with Crippen LogP contribution in [0.5, 0.6) is 0 Å². The summed E-state index contributed by atoms with van der Waals surface area (Å²) in [5, 5.41) is 0.372. The third-order valence-corrected chi connectivity index (χ3v) is 4.12. The van der Waals surface area contributed by atoms with Crippen molar-refractivity contribution in [2.75, 3.05) is 26.7 Å². The van der Waals surface area contributed by atoms with Crippen LogP contribution in [0.1, 0.15) is 33.6 Å². The van der Waals surface area contributed by atoms with E-state index >= 15 is 0 Å². The second-order valence-corrected chi connectivity index (χ2v) is 5.86. The smallest absolute Gasteiger partial charge is 0.0634 e. The zero-order valence-corrected chi connectivity index (χ0v) is 11.2. The Morgan fingerprint density at radius 2 is 2.13 bits per heavy atom. The van der Waals surface area contributed by atoms with Crippen LogP contribution < -0.4 is 0 Å². The van der Waals surface area contributed by atoms with Gasteiger partial charge in [-0.3, -0.25) is 0 Å². The van der Waals surface area contributed by atoms with Crippen molar-refractivity contribution in [2.24, 2.45) is 5.92 Å². The number of hydrogen-bond donors (Lipinski definition) is 0. The minimum absolute atomic E-state index is 0.00104. The number of nitrogens with zero attached hydrogens (tertiary/aromatic N) is 1. The molecule has 0 aromatic heterocycles. The van der Waals surface area contributed by atoms with Crippen LogP contribution in [0.3, 0.4) is 0 Å². The molecule has 1 fully saturated rings. The summed E-state index contributed by atoms with van der Waals surface area (Å²) in [5.74, 6) is 0.617. The van der Waals surface area contributed by atoms with Crippen LogP contribution >= 0.6 is 11.6 Å². The lowest BCUT2D eigenvalue weighted by molar-refractivity contribution is 0.00465. The summed E-state index contributed by atoms with van der Waals surface area (Å²) in [6.45, 7) is 9.92. The van der Waals surface area contributed by atoms with Gasteiger partial charge in [0, 0.05) is 25.6 Å². The van der Waals surface area contributed by atoms with E-state index in [1.807, 2.05) is 0 Å². The molecule has 1 heterocycles. The van der Waals surface area contributed by atoms with E-state index in [9.17, 15) is 0 Å². The Morgan fingerprint density at radius 3 is 2.67 bits per heavy atom. The molecule has 0 spiro atoms. The predicted octanol–water partition coefficient (Wildman–Crippen LogP) is 2.75. The van der Waals surface area contributed by atoms with E-state index in [4.69, 9.17) is 16.3 Å². The molecule has 1 aliphatic rings. The highest BCUT2D eigenvalue weighted by molar-refractivity contribution is 6.20. The van der Waals surface area contributed by atoms with Gasteiger partial charge in [-0.2, -0.15) is 0 Å². The lowest BCUT2D eigenvalue weighted by Crippen LogP contribution is -2.42. The van der Waals surface area contributed by atoms with Crippen LogP contribution in [-0.2, 0) is 4.74 Å². The fourth-order valence-corrected chi connectivity index (χ4v) is 2.11. The molecule has 0 saturated carbocycles. The monoisotopic (exact) mass is 233 g/mol. The van der Waals surface area contributed by atoms with Crippen molar-refractivity contribution in [3.63, 3.8) is 0 Å². The van der Waals surface area contributed by atoms with Gasteiger partial charge in [0.2, 0.25) is 0 Å². The molecule has 2 atom stereocenters. The second-order valence-electron chi connectivity index (χ2n) is 5.30. The van der Waals surface area contributed by atoms with Crippen LogP contribution in [0, 0.1) is 5.92 Å². The third kappa shape index (κ3) is 4.29.